The Bertz CT molecular complexity index is 423. The van der Waals surface area contributed by atoms with Crippen LogP contribution in [0.15, 0.2) is 18.2 Å². The molecule has 19 heavy (non-hydrogen) atoms. The third-order valence-corrected chi connectivity index (χ3v) is 4.23. The monoisotopic (exact) mass is 281 g/mol. The zero-order chi connectivity index (χ0) is 13.9. The Hall–Kier alpha value is -0.870. The number of para-hydroxylation sites is 1. The number of thioether (sulfide) groups is 1. The van der Waals surface area contributed by atoms with Gasteiger partial charge < -0.3 is 15.2 Å². The molecule has 3 nitrogen and oxygen atoms in total. The van der Waals surface area contributed by atoms with Crippen LogP contribution in [0, 0.1) is 0 Å². The fourth-order valence-corrected chi connectivity index (χ4v) is 3.35. The second-order valence-electron chi connectivity index (χ2n) is 5.72. The minimum absolute atomic E-state index is 0.255. The number of methoxy groups -OCH3 is 1. The molecule has 2 N–H and O–H groups in total. The Kier molecular flexibility index (Phi) is 4.63. The summed E-state index contributed by atoms with van der Waals surface area (Å²) in [6.07, 6.45) is 2.18. The number of benzene rings is 1. The van der Waals surface area contributed by atoms with Crippen molar-refractivity contribution in [2.45, 2.75) is 38.3 Å². The number of ether oxygens (including phenoxy) is 2. The molecular weight excluding hydrogens is 258 g/mol. The van der Waals surface area contributed by atoms with Crippen LogP contribution in [0.1, 0.15) is 25.8 Å². The molecule has 0 aromatic heterocycles. The summed E-state index contributed by atoms with van der Waals surface area (Å²) < 4.78 is 11.6. The van der Waals surface area contributed by atoms with E-state index in [-0.39, 0.29) is 5.54 Å². The van der Waals surface area contributed by atoms with Crippen LogP contribution in [-0.4, -0.2) is 30.3 Å². The standard InChI is InChI=1S/C15H23NO2S/c1-15(2,16)9-11-5-4-6-13(17-3)14(11)18-12-7-8-19-10-12/h4-6,12H,7-10,16H2,1-3H3. The van der Waals surface area contributed by atoms with E-state index in [1.54, 1.807) is 7.11 Å². The topological polar surface area (TPSA) is 44.5 Å². The molecule has 1 unspecified atom stereocenters. The lowest BCUT2D eigenvalue weighted by Gasteiger charge is -2.23. The van der Waals surface area contributed by atoms with Crippen molar-refractivity contribution in [3.8, 4) is 11.5 Å². The highest BCUT2D eigenvalue weighted by Crippen LogP contribution is 2.35. The van der Waals surface area contributed by atoms with Gasteiger partial charge in [0.25, 0.3) is 0 Å². The molecule has 0 aliphatic carbocycles. The smallest absolute Gasteiger partial charge is 0.164 e. The number of hydrogen-bond donors (Lipinski definition) is 1. The molecule has 4 heteroatoms. The van der Waals surface area contributed by atoms with Crippen molar-refractivity contribution in [3.63, 3.8) is 0 Å². The lowest BCUT2D eigenvalue weighted by molar-refractivity contribution is 0.215. The van der Waals surface area contributed by atoms with Crippen LogP contribution < -0.4 is 15.2 Å². The van der Waals surface area contributed by atoms with Crippen LogP contribution in [0.4, 0.5) is 0 Å². The average molecular weight is 281 g/mol. The van der Waals surface area contributed by atoms with Crippen molar-refractivity contribution < 1.29 is 9.47 Å². The molecule has 1 aromatic carbocycles. The third-order valence-electron chi connectivity index (χ3n) is 3.10. The van der Waals surface area contributed by atoms with Crippen LogP contribution in [0.2, 0.25) is 0 Å². The molecule has 1 heterocycles. The highest BCUT2D eigenvalue weighted by atomic mass is 32.2. The van der Waals surface area contributed by atoms with Crippen LogP contribution in [0.3, 0.4) is 0 Å². The summed E-state index contributed by atoms with van der Waals surface area (Å²) in [5.41, 5.74) is 7.01. The Balaban J connectivity index is 2.25. The predicted molar refractivity (Wildman–Crippen MR) is 81.3 cm³/mol. The molecule has 1 aliphatic rings. The van der Waals surface area contributed by atoms with Crippen molar-refractivity contribution in [1.82, 2.24) is 0 Å². The first-order chi connectivity index (χ1) is 8.99. The first kappa shape index (κ1) is 14.5. The molecule has 2 rings (SSSR count). The maximum Gasteiger partial charge on any atom is 0.164 e. The summed E-state index contributed by atoms with van der Waals surface area (Å²) in [6.45, 7) is 4.06. The van der Waals surface area contributed by atoms with E-state index in [0.717, 1.165) is 35.7 Å². The van der Waals surface area contributed by atoms with Gasteiger partial charge in [0.05, 0.1) is 7.11 Å². The van der Waals surface area contributed by atoms with Gasteiger partial charge in [-0.05, 0) is 44.1 Å². The zero-order valence-electron chi connectivity index (χ0n) is 11.9. The second kappa shape index (κ2) is 6.06. The lowest BCUT2D eigenvalue weighted by Crippen LogP contribution is -2.34. The highest BCUT2D eigenvalue weighted by Gasteiger charge is 2.23. The molecule has 1 aliphatic heterocycles. The average Bonchev–Trinajstić information content (AvgIpc) is 2.82. The molecule has 0 amide bonds. The minimum atomic E-state index is -0.255. The molecule has 1 atom stereocenters. The van der Waals surface area contributed by atoms with Gasteiger partial charge in [0, 0.05) is 11.3 Å². The zero-order valence-corrected chi connectivity index (χ0v) is 12.8. The lowest BCUT2D eigenvalue weighted by atomic mass is 9.95. The van der Waals surface area contributed by atoms with Gasteiger partial charge in [-0.25, -0.2) is 0 Å². The van der Waals surface area contributed by atoms with Gasteiger partial charge in [-0.15, -0.1) is 0 Å². The second-order valence-corrected chi connectivity index (χ2v) is 6.87. The SMILES string of the molecule is COc1cccc(CC(C)(C)N)c1OC1CCSC1. The Labute approximate surface area is 119 Å². The first-order valence-electron chi connectivity index (χ1n) is 6.69. The van der Waals surface area contributed by atoms with E-state index in [2.05, 4.69) is 6.07 Å². The number of rotatable bonds is 5. The summed E-state index contributed by atoms with van der Waals surface area (Å²) in [6, 6.07) is 6.02. The van der Waals surface area contributed by atoms with E-state index < -0.39 is 0 Å². The molecule has 0 spiro atoms. The van der Waals surface area contributed by atoms with Crippen molar-refractivity contribution in [3.05, 3.63) is 23.8 Å². The van der Waals surface area contributed by atoms with Gasteiger partial charge in [-0.2, -0.15) is 11.8 Å². The quantitative estimate of drug-likeness (QED) is 0.901. The predicted octanol–water partition coefficient (Wildman–Crippen LogP) is 2.86. The van der Waals surface area contributed by atoms with Crippen molar-refractivity contribution in [2.24, 2.45) is 5.73 Å². The third kappa shape index (κ3) is 4.05. The normalized spacial score (nSPS) is 19.5. The van der Waals surface area contributed by atoms with E-state index in [1.165, 1.54) is 5.75 Å². The molecule has 1 aromatic rings. The van der Waals surface area contributed by atoms with Gasteiger partial charge in [-0.3, -0.25) is 0 Å². The maximum absolute atomic E-state index is 6.17. The number of nitrogens with two attached hydrogens (primary N) is 1. The Morgan fingerprint density at radius 2 is 2.21 bits per heavy atom. The Morgan fingerprint density at radius 3 is 2.79 bits per heavy atom. The maximum atomic E-state index is 6.17. The highest BCUT2D eigenvalue weighted by molar-refractivity contribution is 7.99. The van der Waals surface area contributed by atoms with E-state index in [4.69, 9.17) is 15.2 Å². The molecular formula is C15H23NO2S. The first-order valence-corrected chi connectivity index (χ1v) is 7.84. The van der Waals surface area contributed by atoms with Crippen molar-refractivity contribution >= 4 is 11.8 Å². The Morgan fingerprint density at radius 1 is 1.42 bits per heavy atom. The molecule has 0 bridgehead atoms. The summed E-state index contributed by atoms with van der Waals surface area (Å²) in [5.74, 6) is 3.91. The van der Waals surface area contributed by atoms with Gasteiger partial charge in [0.15, 0.2) is 11.5 Å². The van der Waals surface area contributed by atoms with Crippen LogP contribution in [0.25, 0.3) is 0 Å². The van der Waals surface area contributed by atoms with Crippen molar-refractivity contribution in [1.29, 1.82) is 0 Å². The van der Waals surface area contributed by atoms with Crippen LogP contribution in [0.5, 0.6) is 11.5 Å². The fourth-order valence-electron chi connectivity index (χ4n) is 2.26. The number of hydrogen-bond acceptors (Lipinski definition) is 4. The van der Waals surface area contributed by atoms with E-state index in [9.17, 15) is 0 Å². The van der Waals surface area contributed by atoms with Gasteiger partial charge in [-0.1, -0.05) is 12.1 Å². The molecule has 106 valence electrons. The summed E-state index contributed by atoms with van der Waals surface area (Å²) >= 11 is 1.94. The van der Waals surface area contributed by atoms with Gasteiger partial charge in [0.2, 0.25) is 0 Å². The minimum Gasteiger partial charge on any atom is -0.493 e. The van der Waals surface area contributed by atoms with E-state index in [0.29, 0.717) is 6.10 Å². The molecule has 1 saturated heterocycles. The fraction of sp³-hybridized carbons (Fsp3) is 0.600. The van der Waals surface area contributed by atoms with Gasteiger partial charge >= 0.3 is 0 Å². The van der Waals surface area contributed by atoms with E-state index >= 15 is 0 Å². The summed E-state index contributed by atoms with van der Waals surface area (Å²) in [4.78, 5) is 0. The largest absolute Gasteiger partial charge is 0.493 e. The molecule has 0 saturated carbocycles. The van der Waals surface area contributed by atoms with Gasteiger partial charge in [0.1, 0.15) is 6.10 Å². The summed E-state index contributed by atoms with van der Waals surface area (Å²) in [5, 5.41) is 0. The van der Waals surface area contributed by atoms with E-state index in [1.807, 2.05) is 37.7 Å². The van der Waals surface area contributed by atoms with Crippen LogP contribution >= 0.6 is 11.8 Å². The van der Waals surface area contributed by atoms with Crippen LogP contribution in [-0.2, 0) is 6.42 Å². The molecule has 0 radical (unpaired) electrons. The summed E-state index contributed by atoms with van der Waals surface area (Å²) in [7, 11) is 1.68. The molecule has 1 fully saturated rings. The van der Waals surface area contributed by atoms with Crippen molar-refractivity contribution in [2.75, 3.05) is 18.6 Å².